The number of rotatable bonds is 6. The van der Waals surface area contributed by atoms with Gasteiger partial charge in [-0.15, -0.1) is 0 Å². The van der Waals surface area contributed by atoms with E-state index in [0.717, 1.165) is 11.3 Å². The Balaban J connectivity index is 1.69. The number of fused-ring (bicyclic) bond motifs is 2. The van der Waals surface area contributed by atoms with Gasteiger partial charge < -0.3 is 39.7 Å². The van der Waals surface area contributed by atoms with Crippen molar-refractivity contribution in [2.24, 2.45) is 0 Å². The fraction of sp³-hybridized carbons (Fsp3) is 0.455. The Morgan fingerprint density at radius 3 is 2.39 bits per heavy atom. The summed E-state index contributed by atoms with van der Waals surface area (Å²) in [6, 6.07) is 12.3. The Bertz CT molecular complexity index is 938. The molecule has 2 aromatic rings. The molecule has 2 bridgehead atoms. The van der Waals surface area contributed by atoms with Crippen LogP contribution in [0.15, 0.2) is 42.5 Å². The first-order valence-electron chi connectivity index (χ1n) is 9.99. The van der Waals surface area contributed by atoms with Gasteiger partial charge in [0.05, 0.1) is 13.2 Å². The van der Waals surface area contributed by atoms with Crippen LogP contribution in [0.5, 0.6) is 5.75 Å². The highest BCUT2D eigenvalue weighted by molar-refractivity contribution is 6.31. The van der Waals surface area contributed by atoms with Crippen LogP contribution in [-0.4, -0.2) is 68.9 Å². The van der Waals surface area contributed by atoms with E-state index < -0.39 is 42.6 Å². The molecule has 2 aliphatic rings. The SMILES string of the molecule is CCOc1ccc(Cc2cc(C34O[C@H](O)C(CO)(O3)[C@@H](O)[C@H](O)[C@H]4O)ccc2Cl)cc1. The first-order valence-corrected chi connectivity index (χ1v) is 10.4. The van der Waals surface area contributed by atoms with Crippen LogP contribution in [0.2, 0.25) is 5.02 Å². The van der Waals surface area contributed by atoms with Gasteiger partial charge in [-0.25, -0.2) is 0 Å². The minimum absolute atomic E-state index is 0.283. The van der Waals surface area contributed by atoms with E-state index in [-0.39, 0.29) is 5.56 Å². The predicted molar refractivity (Wildman–Crippen MR) is 110 cm³/mol. The number of hydrogen-bond acceptors (Lipinski definition) is 8. The van der Waals surface area contributed by atoms with Gasteiger partial charge >= 0.3 is 0 Å². The maximum absolute atomic E-state index is 10.7. The molecule has 9 heteroatoms. The minimum atomic E-state index is -1.99. The van der Waals surface area contributed by atoms with Gasteiger partial charge in [0.25, 0.3) is 0 Å². The van der Waals surface area contributed by atoms with Crippen LogP contribution in [0, 0.1) is 0 Å². The van der Waals surface area contributed by atoms with Crippen LogP contribution in [0.1, 0.15) is 23.6 Å². The quantitative estimate of drug-likeness (QED) is 0.432. The summed E-state index contributed by atoms with van der Waals surface area (Å²) in [5, 5.41) is 52.0. The summed E-state index contributed by atoms with van der Waals surface area (Å²) in [5.41, 5.74) is -0.0647. The van der Waals surface area contributed by atoms with Crippen molar-refractivity contribution in [3.8, 4) is 5.75 Å². The maximum Gasteiger partial charge on any atom is 0.227 e. The molecule has 6 atom stereocenters. The molecule has 8 nitrogen and oxygen atoms in total. The summed E-state index contributed by atoms with van der Waals surface area (Å²) in [5.74, 6) is -1.23. The second-order valence-corrected chi connectivity index (χ2v) is 8.20. The molecule has 0 saturated carbocycles. The van der Waals surface area contributed by atoms with Crippen molar-refractivity contribution in [2.75, 3.05) is 13.2 Å². The van der Waals surface area contributed by atoms with Crippen LogP contribution >= 0.6 is 11.6 Å². The van der Waals surface area contributed by atoms with E-state index in [1.165, 1.54) is 6.07 Å². The Morgan fingerprint density at radius 2 is 1.74 bits per heavy atom. The van der Waals surface area contributed by atoms with Gasteiger partial charge in [-0.05, 0) is 48.7 Å². The molecule has 2 unspecified atom stereocenters. The summed E-state index contributed by atoms with van der Waals surface area (Å²) >= 11 is 6.39. The smallest absolute Gasteiger partial charge is 0.227 e. The highest BCUT2D eigenvalue weighted by atomic mass is 35.5. The lowest BCUT2D eigenvalue weighted by Gasteiger charge is -2.45. The molecule has 2 heterocycles. The van der Waals surface area contributed by atoms with E-state index >= 15 is 0 Å². The van der Waals surface area contributed by atoms with E-state index in [1.807, 2.05) is 31.2 Å². The van der Waals surface area contributed by atoms with Crippen molar-refractivity contribution in [3.63, 3.8) is 0 Å². The molecule has 2 aliphatic heterocycles. The van der Waals surface area contributed by atoms with Gasteiger partial charge in [0.1, 0.15) is 24.1 Å². The van der Waals surface area contributed by atoms with Crippen molar-refractivity contribution in [3.05, 3.63) is 64.2 Å². The van der Waals surface area contributed by atoms with Gasteiger partial charge in [0.15, 0.2) is 11.9 Å². The second kappa shape index (κ2) is 8.31. The van der Waals surface area contributed by atoms with Gasteiger partial charge in [0.2, 0.25) is 5.79 Å². The Labute approximate surface area is 184 Å². The molecule has 0 aliphatic carbocycles. The van der Waals surface area contributed by atoms with E-state index in [2.05, 4.69) is 0 Å². The number of benzene rings is 2. The second-order valence-electron chi connectivity index (χ2n) is 7.79. The van der Waals surface area contributed by atoms with E-state index in [1.54, 1.807) is 12.1 Å². The fourth-order valence-electron chi connectivity index (χ4n) is 4.16. The topological polar surface area (TPSA) is 129 Å². The average Bonchev–Trinajstić information content (AvgIpc) is 3.06. The monoisotopic (exact) mass is 452 g/mol. The molecular weight excluding hydrogens is 428 g/mol. The van der Waals surface area contributed by atoms with E-state index in [4.69, 9.17) is 25.8 Å². The largest absolute Gasteiger partial charge is 0.494 e. The number of halogens is 1. The van der Waals surface area contributed by atoms with Crippen molar-refractivity contribution < 1.29 is 39.7 Å². The van der Waals surface area contributed by atoms with Crippen LogP contribution in [-0.2, 0) is 21.7 Å². The fourth-order valence-corrected chi connectivity index (χ4v) is 4.35. The van der Waals surface area contributed by atoms with Gasteiger partial charge in [-0.3, -0.25) is 0 Å². The molecule has 0 aromatic heterocycles. The summed E-state index contributed by atoms with van der Waals surface area (Å²) in [7, 11) is 0. The maximum atomic E-state index is 10.7. The Kier molecular flexibility index (Phi) is 6.01. The zero-order valence-corrected chi connectivity index (χ0v) is 17.6. The van der Waals surface area contributed by atoms with Crippen LogP contribution in [0.3, 0.4) is 0 Å². The van der Waals surface area contributed by atoms with E-state index in [9.17, 15) is 25.5 Å². The lowest BCUT2D eigenvalue weighted by atomic mass is 9.83. The highest BCUT2D eigenvalue weighted by Gasteiger charge is 2.71. The summed E-state index contributed by atoms with van der Waals surface area (Å²) in [4.78, 5) is 0. The molecule has 31 heavy (non-hydrogen) atoms. The zero-order chi connectivity index (χ0) is 22.4. The standard InChI is InChI=1S/C22H25ClO8/c1-2-29-15-6-3-12(4-7-15)9-13-10-14(5-8-16(13)23)22-19(27)17(25)18(26)21(11-24,31-22)20(28)30-22/h3-8,10,17-20,24-28H,2,9,11H2,1H3/t17-,18-,19+,20-,21?,22?/m0/s1. The zero-order valence-electron chi connectivity index (χ0n) is 16.8. The lowest BCUT2D eigenvalue weighted by molar-refractivity contribution is -0.329. The molecule has 2 fully saturated rings. The van der Waals surface area contributed by atoms with Crippen LogP contribution in [0.4, 0.5) is 0 Å². The molecule has 2 aromatic carbocycles. The normalized spacial score (nSPS) is 34.7. The molecule has 0 radical (unpaired) electrons. The van der Waals surface area contributed by atoms with Gasteiger partial charge in [0, 0.05) is 10.6 Å². The molecule has 5 N–H and O–H groups in total. The number of aliphatic hydroxyl groups excluding tert-OH is 5. The molecule has 0 amide bonds. The van der Waals surface area contributed by atoms with Crippen molar-refractivity contribution >= 4 is 11.6 Å². The third-order valence-corrected chi connectivity index (χ3v) is 6.28. The minimum Gasteiger partial charge on any atom is -0.494 e. The highest BCUT2D eigenvalue weighted by Crippen LogP contribution is 2.52. The Hall–Kier alpha value is -1.75. The number of hydrogen-bond donors (Lipinski definition) is 5. The van der Waals surface area contributed by atoms with Crippen molar-refractivity contribution in [1.82, 2.24) is 0 Å². The summed E-state index contributed by atoms with van der Waals surface area (Å²) in [6.07, 6.45) is -6.52. The lowest BCUT2D eigenvalue weighted by Crippen LogP contribution is -2.66. The molecular formula is C22H25ClO8. The molecule has 168 valence electrons. The van der Waals surface area contributed by atoms with Crippen molar-refractivity contribution in [1.29, 1.82) is 0 Å². The third-order valence-electron chi connectivity index (χ3n) is 5.91. The average molecular weight is 453 g/mol. The molecule has 4 rings (SSSR count). The first kappa shape index (κ1) is 22.4. The van der Waals surface area contributed by atoms with Crippen LogP contribution < -0.4 is 4.74 Å². The first-order chi connectivity index (χ1) is 14.8. The molecule has 2 saturated heterocycles. The van der Waals surface area contributed by atoms with Gasteiger partial charge in [-0.2, -0.15) is 0 Å². The summed E-state index contributed by atoms with van der Waals surface area (Å²) in [6.45, 7) is 1.65. The summed E-state index contributed by atoms with van der Waals surface area (Å²) < 4.78 is 16.7. The number of ether oxygens (including phenoxy) is 3. The molecule has 0 spiro atoms. The third kappa shape index (κ3) is 3.53. The number of aliphatic hydroxyl groups is 5. The predicted octanol–water partition coefficient (Wildman–Crippen LogP) is 0.675. The van der Waals surface area contributed by atoms with Crippen LogP contribution in [0.25, 0.3) is 0 Å². The van der Waals surface area contributed by atoms with Gasteiger partial charge in [-0.1, -0.05) is 29.8 Å². The van der Waals surface area contributed by atoms with E-state index in [0.29, 0.717) is 23.6 Å². The van der Waals surface area contributed by atoms with Crippen molar-refractivity contribution in [2.45, 2.75) is 49.3 Å². The Morgan fingerprint density at radius 1 is 1.03 bits per heavy atom.